The number of halogens is 1. The van der Waals surface area contributed by atoms with Gasteiger partial charge in [0.15, 0.2) is 17.7 Å². The van der Waals surface area contributed by atoms with Gasteiger partial charge in [0.05, 0.1) is 5.56 Å². The van der Waals surface area contributed by atoms with Gasteiger partial charge in [-0.15, -0.1) is 0 Å². The lowest BCUT2D eigenvalue weighted by Gasteiger charge is -2.11. The number of rotatable bonds is 5. The van der Waals surface area contributed by atoms with Crippen LogP contribution in [0.25, 0.3) is 0 Å². The molecule has 3 rings (SSSR count). The Labute approximate surface area is 138 Å². The largest absolute Gasteiger partial charge is 0.478 e. The maximum Gasteiger partial charge on any atom is 0.335 e. The lowest BCUT2D eigenvalue weighted by Crippen LogP contribution is -2.38. The van der Waals surface area contributed by atoms with Crippen LogP contribution >= 0.6 is 0 Å². The minimum atomic E-state index is -0.972. The highest BCUT2D eigenvalue weighted by molar-refractivity contribution is 5.87. The number of carboxylic acids is 1. The van der Waals surface area contributed by atoms with E-state index in [1.165, 1.54) is 18.2 Å². The van der Waals surface area contributed by atoms with Gasteiger partial charge in [-0.2, -0.15) is 0 Å². The topological polar surface area (TPSA) is 75.6 Å². The van der Waals surface area contributed by atoms with Gasteiger partial charge >= 0.3 is 5.97 Å². The van der Waals surface area contributed by atoms with Crippen molar-refractivity contribution in [2.75, 3.05) is 6.54 Å². The molecule has 0 saturated carbocycles. The minimum Gasteiger partial charge on any atom is -0.478 e. The molecule has 0 bridgehead atoms. The Balaban J connectivity index is 1.50. The van der Waals surface area contributed by atoms with Crippen molar-refractivity contribution in [1.29, 1.82) is 0 Å². The van der Waals surface area contributed by atoms with Crippen LogP contribution < -0.4 is 10.1 Å². The monoisotopic (exact) mass is 329 g/mol. The smallest absolute Gasteiger partial charge is 0.335 e. The first-order chi connectivity index (χ1) is 11.5. The number of benzene rings is 2. The van der Waals surface area contributed by atoms with Crippen LogP contribution in [0.2, 0.25) is 0 Å². The van der Waals surface area contributed by atoms with Crippen molar-refractivity contribution < 1.29 is 23.8 Å². The molecule has 2 N–H and O–H groups in total. The summed E-state index contributed by atoms with van der Waals surface area (Å²) in [7, 11) is 0. The molecule has 1 aliphatic heterocycles. The normalized spacial score (nSPS) is 15.5. The molecule has 24 heavy (non-hydrogen) atoms. The zero-order chi connectivity index (χ0) is 17.1. The molecule has 0 aliphatic carbocycles. The molecule has 0 aromatic heterocycles. The van der Waals surface area contributed by atoms with Gasteiger partial charge in [-0.25, -0.2) is 9.18 Å². The number of carboxylic acid groups (broad SMARTS) is 1. The van der Waals surface area contributed by atoms with E-state index in [1.807, 2.05) is 0 Å². The van der Waals surface area contributed by atoms with Gasteiger partial charge in [0.25, 0.3) is 5.91 Å². The maximum atomic E-state index is 13.6. The molecule has 1 aliphatic rings. The Bertz CT molecular complexity index is 773. The second-order valence-electron chi connectivity index (χ2n) is 5.58. The summed E-state index contributed by atoms with van der Waals surface area (Å²) in [6.45, 7) is 0.393. The first kappa shape index (κ1) is 16.0. The van der Waals surface area contributed by atoms with Crippen LogP contribution in [0.15, 0.2) is 42.5 Å². The second-order valence-corrected chi connectivity index (χ2v) is 5.58. The molecule has 5 nitrogen and oxygen atoms in total. The molecular weight excluding hydrogens is 313 g/mol. The second kappa shape index (κ2) is 6.70. The molecule has 2 aromatic rings. The highest BCUT2D eigenvalue weighted by atomic mass is 19.1. The Morgan fingerprint density at radius 2 is 1.96 bits per heavy atom. The van der Waals surface area contributed by atoms with Crippen molar-refractivity contribution in [1.82, 2.24) is 5.32 Å². The molecule has 1 amide bonds. The number of aromatic carboxylic acids is 1. The third-order valence-electron chi connectivity index (χ3n) is 3.92. The van der Waals surface area contributed by atoms with Gasteiger partial charge in [0, 0.05) is 18.5 Å². The number of ether oxygens (including phenoxy) is 1. The maximum absolute atomic E-state index is 13.6. The van der Waals surface area contributed by atoms with Crippen LogP contribution in [-0.4, -0.2) is 29.6 Å². The molecule has 124 valence electrons. The van der Waals surface area contributed by atoms with E-state index in [-0.39, 0.29) is 17.2 Å². The van der Waals surface area contributed by atoms with Crippen molar-refractivity contribution in [3.05, 3.63) is 65.0 Å². The predicted octanol–water partition coefficient (Wildman–Crippen LogP) is 2.19. The lowest BCUT2D eigenvalue weighted by atomic mass is 10.1. The fraction of sp³-hybridized carbons (Fsp3) is 0.222. The highest BCUT2D eigenvalue weighted by Gasteiger charge is 2.30. The van der Waals surface area contributed by atoms with Gasteiger partial charge in [0.1, 0.15) is 0 Å². The fourth-order valence-electron chi connectivity index (χ4n) is 2.63. The summed E-state index contributed by atoms with van der Waals surface area (Å²) in [4.78, 5) is 22.9. The zero-order valence-corrected chi connectivity index (χ0v) is 12.8. The third kappa shape index (κ3) is 3.37. The number of carbonyl (C=O) groups is 2. The Kier molecular flexibility index (Phi) is 4.46. The van der Waals surface area contributed by atoms with E-state index in [9.17, 15) is 14.0 Å². The van der Waals surface area contributed by atoms with Crippen molar-refractivity contribution >= 4 is 11.9 Å². The van der Waals surface area contributed by atoms with E-state index in [2.05, 4.69) is 5.32 Å². The van der Waals surface area contributed by atoms with Crippen LogP contribution in [0.4, 0.5) is 4.39 Å². The fourth-order valence-corrected chi connectivity index (χ4v) is 2.63. The molecular formula is C18H16FNO4. The van der Waals surface area contributed by atoms with E-state index >= 15 is 0 Å². The Hall–Kier alpha value is -2.89. The predicted molar refractivity (Wildman–Crippen MR) is 84.6 cm³/mol. The number of para-hydroxylation sites is 1. The molecule has 6 heteroatoms. The standard InChI is InChI=1S/C18H16FNO4/c19-14-3-1-2-13-10-15(24-16(13)14)17(21)20-9-8-11-4-6-12(7-5-11)18(22)23/h1-7,15H,8-10H2,(H,20,21)(H,22,23). The van der Waals surface area contributed by atoms with Crippen molar-refractivity contribution in [2.24, 2.45) is 0 Å². The number of hydrogen-bond donors (Lipinski definition) is 2. The van der Waals surface area contributed by atoms with E-state index in [1.54, 1.807) is 24.3 Å². The van der Waals surface area contributed by atoms with Gasteiger partial charge in [-0.05, 0) is 30.2 Å². The third-order valence-corrected chi connectivity index (χ3v) is 3.92. The SMILES string of the molecule is O=C(O)c1ccc(CCNC(=O)C2Cc3cccc(F)c3O2)cc1. The first-order valence-corrected chi connectivity index (χ1v) is 7.58. The number of fused-ring (bicyclic) bond motifs is 1. The van der Waals surface area contributed by atoms with Gasteiger partial charge in [0.2, 0.25) is 0 Å². The van der Waals surface area contributed by atoms with Crippen molar-refractivity contribution in [2.45, 2.75) is 18.9 Å². The molecule has 1 unspecified atom stereocenters. The van der Waals surface area contributed by atoms with Gasteiger partial charge < -0.3 is 15.2 Å². The van der Waals surface area contributed by atoms with Gasteiger partial charge in [-0.1, -0.05) is 24.3 Å². The molecule has 2 aromatic carbocycles. The van der Waals surface area contributed by atoms with Crippen molar-refractivity contribution in [3.8, 4) is 5.75 Å². The quantitative estimate of drug-likeness (QED) is 0.882. The number of amides is 1. The molecule has 0 spiro atoms. The Morgan fingerprint density at radius 3 is 2.62 bits per heavy atom. The lowest BCUT2D eigenvalue weighted by molar-refractivity contribution is -0.127. The Morgan fingerprint density at radius 1 is 1.21 bits per heavy atom. The summed E-state index contributed by atoms with van der Waals surface area (Å²) in [5.74, 6) is -1.56. The average molecular weight is 329 g/mol. The van der Waals surface area contributed by atoms with E-state index < -0.39 is 17.9 Å². The molecule has 0 fully saturated rings. The number of hydrogen-bond acceptors (Lipinski definition) is 3. The van der Waals surface area contributed by atoms with E-state index in [0.29, 0.717) is 24.9 Å². The summed E-state index contributed by atoms with van der Waals surface area (Å²) < 4.78 is 19.0. The van der Waals surface area contributed by atoms with Crippen LogP contribution in [0.1, 0.15) is 21.5 Å². The molecule has 1 heterocycles. The summed E-state index contributed by atoms with van der Waals surface area (Å²) in [5, 5.41) is 11.6. The number of carbonyl (C=O) groups excluding carboxylic acids is 1. The summed E-state index contributed by atoms with van der Waals surface area (Å²) >= 11 is 0. The summed E-state index contributed by atoms with van der Waals surface area (Å²) in [6.07, 6.45) is 0.206. The molecule has 0 radical (unpaired) electrons. The summed E-state index contributed by atoms with van der Waals surface area (Å²) in [5.41, 5.74) is 1.84. The molecule has 1 atom stereocenters. The van der Waals surface area contributed by atoms with Crippen LogP contribution in [-0.2, 0) is 17.6 Å². The number of nitrogens with one attached hydrogen (secondary N) is 1. The highest BCUT2D eigenvalue weighted by Crippen LogP contribution is 2.31. The minimum absolute atomic E-state index is 0.155. The van der Waals surface area contributed by atoms with Crippen LogP contribution in [0.3, 0.4) is 0 Å². The van der Waals surface area contributed by atoms with Gasteiger partial charge in [-0.3, -0.25) is 4.79 Å². The van der Waals surface area contributed by atoms with E-state index in [4.69, 9.17) is 9.84 Å². The van der Waals surface area contributed by atoms with Crippen LogP contribution in [0, 0.1) is 5.82 Å². The summed E-state index contributed by atoms with van der Waals surface area (Å²) in [6, 6.07) is 11.1. The van der Waals surface area contributed by atoms with Crippen molar-refractivity contribution in [3.63, 3.8) is 0 Å². The molecule has 0 saturated heterocycles. The van der Waals surface area contributed by atoms with Crippen LogP contribution in [0.5, 0.6) is 5.75 Å². The zero-order valence-electron chi connectivity index (χ0n) is 12.8. The first-order valence-electron chi connectivity index (χ1n) is 7.58. The van der Waals surface area contributed by atoms with E-state index in [0.717, 1.165) is 5.56 Å². The average Bonchev–Trinajstić information content (AvgIpc) is 3.01.